The SMILES string of the molecule is CCC(CC1CC1)NC(=O)c1cc(N)cc(OC)c1. The van der Waals surface area contributed by atoms with Gasteiger partial charge in [-0.2, -0.15) is 0 Å². The van der Waals surface area contributed by atoms with Gasteiger partial charge in [0, 0.05) is 23.4 Å². The normalized spacial score (nSPS) is 15.9. The van der Waals surface area contributed by atoms with Crippen molar-refractivity contribution in [1.29, 1.82) is 0 Å². The van der Waals surface area contributed by atoms with Crippen molar-refractivity contribution in [2.45, 2.75) is 38.6 Å². The Hall–Kier alpha value is -1.71. The summed E-state index contributed by atoms with van der Waals surface area (Å²) in [6.07, 6.45) is 4.65. The van der Waals surface area contributed by atoms with Crippen molar-refractivity contribution in [1.82, 2.24) is 5.32 Å². The molecule has 2 rings (SSSR count). The van der Waals surface area contributed by atoms with Crippen molar-refractivity contribution in [3.63, 3.8) is 0 Å². The number of methoxy groups -OCH3 is 1. The third kappa shape index (κ3) is 3.88. The minimum absolute atomic E-state index is 0.0712. The summed E-state index contributed by atoms with van der Waals surface area (Å²) in [6, 6.07) is 5.36. The van der Waals surface area contributed by atoms with Crippen molar-refractivity contribution >= 4 is 11.6 Å². The molecule has 1 aliphatic rings. The number of rotatable bonds is 6. The maximum atomic E-state index is 12.2. The van der Waals surface area contributed by atoms with E-state index in [9.17, 15) is 4.79 Å². The average molecular weight is 262 g/mol. The Balaban J connectivity index is 2.03. The molecule has 1 aromatic rings. The van der Waals surface area contributed by atoms with Crippen LogP contribution in [0.4, 0.5) is 5.69 Å². The van der Waals surface area contributed by atoms with Gasteiger partial charge >= 0.3 is 0 Å². The first kappa shape index (κ1) is 13.7. The van der Waals surface area contributed by atoms with E-state index in [1.165, 1.54) is 12.8 Å². The zero-order valence-corrected chi connectivity index (χ0v) is 11.6. The lowest BCUT2D eigenvalue weighted by molar-refractivity contribution is 0.0932. The second-order valence-electron chi connectivity index (χ2n) is 5.25. The summed E-state index contributed by atoms with van der Waals surface area (Å²) >= 11 is 0. The lowest BCUT2D eigenvalue weighted by Crippen LogP contribution is -2.34. The summed E-state index contributed by atoms with van der Waals surface area (Å²) in [6.45, 7) is 2.10. The van der Waals surface area contributed by atoms with Crippen LogP contribution in [0, 0.1) is 5.92 Å². The smallest absolute Gasteiger partial charge is 0.251 e. The quantitative estimate of drug-likeness (QED) is 0.774. The van der Waals surface area contributed by atoms with Gasteiger partial charge in [-0.1, -0.05) is 19.8 Å². The highest BCUT2D eigenvalue weighted by Crippen LogP contribution is 2.34. The molecule has 0 aromatic heterocycles. The Morgan fingerprint density at radius 3 is 2.79 bits per heavy atom. The molecule has 0 spiro atoms. The van der Waals surface area contributed by atoms with E-state index < -0.39 is 0 Å². The van der Waals surface area contributed by atoms with Crippen molar-refractivity contribution in [2.75, 3.05) is 12.8 Å². The van der Waals surface area contributed by atoms with Gasteiger partial charge < -0.3 is 15.8 Å². The number of carbonyl (C=O) groups is 1. The van der Waals surface area contributed by atoms with Gasteiger partial charge in [-0.3, -0.25) is 4.79 Å². The highest BCUT2D eigenvalue weighted by Gasteiger charge is 2.25. The van der Waals surface area contributed by atoms with E-state index >= 15 is 0 Å². The fraction of sp³-hybridized carbons (Fsp3) is 0.533. The minimum atomic E-state index is -0.0712. The molecule has 1 aliphatic carbocycles. The molecule has 1 saturated carbocycles. The molecule has 1 amide bonds. The molecule has 1 unspecified atom stereocenters. The molecular formula is C15H22N2O2. The summed E-state index contributed by atoms with van der Waals surface area (Å²) in [7, 11) is 1.57. The molecule has 3 N–H and O–H groups in total. The summed E-state index contributed by atoms with van der Waals surface area (Å²) < 4.78 is 5.13. The van der Waals surface area contributed by atoms with Crippen LogP contribution in [0.15, 0.2) is 18.2 Å². The first-order valence-electron chi connectivity index (χ1n) is 6.87. The summed E-state index contributed by atoms with van der Waals surface area (Å²) in [4.78, 5) is 12.2. The van der Waals surface area contributed by atoms with E-state index in [2.05, 4.69) is 12.2 Å². The van der Waals surface area contributed by atoms with Gasteiger partial charge in [0.2, 0.25) is 0 Å². The molecular weight excluding hydrogens is 240 g/mol. The third-order valence-electron chi connectivity index (χ3n) is 3.57. The maximum Gasteiger partial charge on any atom is 0.251 e. The monoisotopic (exact) mass is 262 g/mol. The second kappa shape index (κ2) is 5.95. The maximum absolute atomic E-state index is 12.2. The number of ether oxygens (including phenoxy) is 1. The van der Waals surface area contributed by atoms with E-state index in [1.54, 1.807) is 25.3 Å². The van der Waals surface area contributed by atoms with Gasteiger partial charge in [0.1, 0.15) is 5.75 Å². The van der Waals surface area contributed by atoms with Crippen LogP contribution in [0.1, 0.15) is 43.0 Å². The van der Waals surface area contributed by atoms with E-state index in [1.807, 2.05) is 0 Å². The largest absolute Gasteiger partial charge is 0.497 e. The van der Waals surface area contributed by atoms with Crippen molar-refractivity contribution < 1.29 is 9.53 Å². The second-order valence-corrected chi connectivity index (χ2v) is 5.25. The molecule has 0 heterocycles. The standard InChI is InChI=1S/C15H22N2O2/c1-3-13(6-10-4-5-10)17-15(18)11-7-12(16)9-14(8-11)19-2/h7-10,13H,3-6,16H2,1-2H3,(H,17,18). The van der Waals surface area contributed by atoms with Crippen LogP contribution in [0.25, 0.3) is 0 Å². The van der Waals surface area contributed by atoms with Crippen LogP contribution in [-0.4, -0.2) is 19.1 Å². The molecule has 0 radical (unpaired) electrons. The van der Waals surface area contributed by atoms with Crippen LogP contribution in [0.3, 0.4) is 0 Å². The lowest BCUT2D eigenvalue weighted by Gasteiger charge is -2.17. The lowest BCUT2D eigenvalue weighted by atomic mass is 10.1. The number of hydrogen-bond donors (Lipinski definition) is 2. The van der Waals surface area contributed by atoms with Crippen LogP contribution < -0.4 is 15.8 Å². The first-order chi connectivity index (χ1) is 9.12. The Bertz CT molecular complexity index is 455. The number of benzene rings is 1. The Kier molecular flexibility index (Phi) is 4.30. The van der Waals surface area contributed by atoms with E-state index in [0.717, 1.165) is 18.8 Å². The molecule has 4 heteroatoms. The van der Waals surface area contributed by atoms with Gasteiger partial charge in [0.15, 0.2) is 0 Å². The Morgan fingerprint density at radius 2 is 2.21 bits per heavy atom. The van der Waals surface area contributed by atoms with Crippen molar-refractivity contribution in [3.05, 3.63) is 23.8 Å². The van der Waals surface area contributed by atoms with Crippen LogP contribution in [-0.2, 0) is 0 Å². The van der Waals surface area contributed by atoms with Gasteiger partial charge in [0.05, 0.1) is 7.11 Å². The highest BCUT2D eigenvalue weighted by atomic mass is 16.5. The van der Waals surface area contributed by atoms with E-state index in [4.69, 9.17) is 10.5 Å². The summed E-state index contributed by atoms with van der Waals surface area (Å²) in [5.41, 5.74) is 6.87. The van der Waals surface area contributed by atoms with Crippen molar-refractivity contribution in [2.24, 2.45) is 5.92 Å². The number of nitrogens with two attached hydrogens (primary N) is 1. The zero-order valence-electron chi connectivity index (χ0n) is 11.6. The summed E-state index contributed by atoms with van der Waals surface area (Å²) in [5.74, 6) is 1.35. The topological polar surface area (TPSA) is 64.4 Å². The number of hydrogen-bond acceptors (Lipinski definition) is 3. The number of carbonyl (C=O) groups excluding carboxylic acids is 1. The van der Waals surface area contributed by atoms with Gasteiger partial charge in [-0.15, -0.1) is 0 Å². The summed E-state index contributed by atoms with van der Waals surface area (Å²) in [5, 5.41) is 3.08. The molecule has 1 aromatic carbocycles. The predicted molar refractivity (Wildman–Crippen MR) is 76.3 cm³/mol. The van der Waals surface area contributed by atoms with E-state index in [0.29, 0.717) is 17.0 Å². The molecule has 1 fully saturated rings. The fourth-order valence-corrected chi connectivity index (χ4v) is 2.22. The first-order valence-corrected chi connectivity index (χ1v) is 6.87. The average Bonchev–Trinajstić information content (AvgIpc) is 3.20. The molecule has 1 atom stereocenters. The molecule has 0 aliphatic heterocycles. The van der Waals surface area contributed by atoms with Crippen molar-refractivity contribution in [3.8, 4) is 5.75 Å². The molecule has 0 saturated heterocycles. The number of nitrogens with one attached hydrogen (secondary N) is 1. The predicted octanol–water partition coefficient (Wildman–Crippen LogP) is 2.59. The van der Waals surface area contributed by atoms with Crippen LogP contribution in [0.2, 0.25) is 0 Å². The number of amides is 1. The molecule has 0 bridgehead atoms. The minimum Gasteiger partial charge on any atom is -0.497 e. The molecule has 104 valence electrons. The Labute approximate surface area is 114 Å². The van der Waals surface area contributed by atoms with Gasteiger partial charge in [-0.25, -0.2) is 0 Å². The van der Waals surface area contributed by atoms with E-state index in [-0.39, 0.29) is 11.9 Å². The molecule has 4 nitrogen and oxygen atoms in total. The number of nitrogen functional groups attached to an aromatic ring is 1. The van der Waals surface area contributed by atoms with Gasteiger partial charge in [0.25, 0.3) is 5.91 Å². The Morgan fingerprint density at radius 1 is 1.47 bits per heavy atom. The van der Waals surface area contributed by atoms with Crippen LogP contribution >= 0.6 is 0 Å². The third-order valence-corrected chi connectivity index (χ3v) is 3.57. The molecule has 19 heavy (non-hydrogen) atoms. The van der Waals surface area contributed by atoms with Crippen LogP contribution in [0.5, 0.6) is 5.75 Å². The highest BCUT2D eigenvalue weighted by molar-refractivity contribution is 5.95. The fourth-order valence-electron chi connectivity index (χ4n) is 2.22. The number of anilines is 1. The zero-order chi connectivity index (χ0) is 13.8. The van der Waals surface area contributed by atoms with Gasteiger partial charge in [-0.05, 0) is 30.9 Å².